The van der Waals surface area contributed by atoms with Gasteiger partial charge in [-0.2, -0.15) is 0 Å². The molecule has 0 aromatic carbocycles. The van der Waals surface area contributed by atoms with Crippen LogP contribution in [0.15, 0.2) is 0 Å². The summed E-state index contributed by atoms with van der Waals surface area (Å²) in [5, 5.41) is -0.342. The van der Waals surface area contributed by atoms with E-state index >= 15 is 0 Å². The largest absolute Gasteiger partial charge is 0.772 e. The van der Waals surface area contributed by atoms with Crippen LogP contribution in [-0.2, 0) is 36.2 Å². The van der Waals surface area contributed by atoms with Gasteiger partial charge in [0, 0.05) is 24.2 Å². The maximum atomic E-state index is 12.2. The van der Waals surface area contributed by atoms with Crippen molar-refractivity contribution in [2.24, 2.45) is 11.8 Å². The van der Waals surface area contributed by atoms with Gasteiger partial charge in [-0.1, -0.05) is 11.1 Å². The maximum Gasteiger partial charge on any atom is 0.356 e. The van der Waals surface area contributed by atoms with Crippen molar-refractivity contribution in [2.75, 3.05) is 24.4 Å². The van der Waals surface area contributed by atoms with E-state index in [1.807, 2.05) is 0 Å². The standard InChI is InChI=1S/C15H24O5S2/c1-19-15-11-7-10(8-12(11)22(17)18)14(15)20-13(16)9-21-5-3-2-4-6-21/h10-12,14-15H,2-9H2,1H3. The van der Waals surface area contributed by atoms with Crippen molar-refractivity contribution < 1.29 is 23.0 Å². The van der Waals surface area contributed by atoms with E-state index in [1.165, 1.54) is 19.3 Å². The normalized spacial score (nSPS) is 39.8. The van der Waals surface area contributed by atoms with Crippen molar-refractivity contribution in [3.8, 4) is 0 Å². The Morgan fingerprint density at radius 1 is 1.23 bits per heavy atom. The molecule has 3 rings (SSSR count). The molecule has 1 aliphatic heterocycles. The molecule has 1 saturated heterocycles. The molecule has 0 amide bonds. The summed E-state index contributed by atoms with van der Waals surface area (Å²) in [6.45, 7) is 0. The molecule has 2 saturated carbocycles. The van der Waals surface area contributed by atoms with E-state index in [1.54, 1.807) is 7.11 Å². The lowest BCUT2D eigenvalue weighted by molar-refractivity contribution is -0.157. The molecular weight excluding hydrogens is 324 g/mol. The van der Waals surface area contributed by atoms with Gasteiger partial charge in [0.25, 0.3) is 0 Å². The van der Waals surface area contributed by atoms with E-state index in [-0.39, 0.29) is 46.2 Å². The average Bonchev–Trinajstić information content (AvgIpc) is 3.06. The van der Waals surface area contributed by atoms with Gasteiger partial charge < -0.3 is 14.0 Å². The highest BCUT2D eigenvalue weighted by atomic mass is 32.2. The minimum absolute atomic E-state index is 0.0248. The first-order valence-corrected chi connectivity index (χ1v) is 10.9. The minimum Gasteiger partial charge on any atom is -0.772 e. The summed E-state index contributed by atoms with van der Waals surface area (Å²) < 4.78 is 33.8. The van der Waals surface area contributed by atoms with Gasteiger partial charge in [0.05, 0.1) is 6.10 Å². The Labute approximate surface area is 137 Å². The molecule has 0 aromatic rings. The molecule has 22 heavy (non-hydrogen) atoms. The molecule has 6 unspecified atom stereocenters. The van der Waals surface area contributed by atoms with Crippen LogP contribution < -0.4 is 0 Å². The van der Waals surface area contributed by atoms with Crippen molar-refractivity contribution in [1.29, 1.82) is 0 Å². The van der Waals surface area contributed by atoms with Gasteiger partial charge in [-0.05, 0) is 43.0 Å². The molecule has 0 radical (unpaired) electrons. The number of esters is 1. The number of rotatable bonds is 5. The summed E-state index contributed by atoms with van der Waals surface area (Å²) >= 11 is -2.07. The predicted octanol–water partition coefficient (Wildman–Crippen LogP) is 1.00. The molecule has 7 heteroatoms. The molecule has 0 aromatic heterocycles. The van der Waals surface area contributed by atoms with Crippen LogP contribution >= 0.6 is 0 Å². The minimum atomic E-state index is -2.07. The molecule has 6 atom stereocenters. The fourth-order valence-electron chi connectivity index (χ4n) is 4.28. The van der Waals surface area contributed by atoms with Crippen molar-refractivity contribution >= 4 is 27.9 Å². The second-order valence-corrected chi connectivity index (χ2v) is 10.0. The molecule has 0 spiro atoms. The van der Waals surface area contributed by atoms with Gasteiger partial charge in [0.1, 0.15) is 17.6 Å². The maximum absolute atomic E-state index is 12.2. The lowest BCUT2D eigenvalue weighted by Gasteiger charge is -2.35. The SMILES string of the molecule is COC1C2CC(CC2S(=O)[O-])C1OC(=O)C[S+]1CCCCC1. The third-order valence-corrected chi connectivity index (χ3v) is 8.69. The van der Waals surface area contributed by atoms with Crippen LogP contribution in [0.2, 0.25) is 0 Å². The molecule has 126 valence electrons. The first-order chi connectivity index (χ1) is 10.6. The molecular formula is C15H24O5S2. The van der Waals surface area contributed by atoms with Gasteiger partial charge in [-0.25, -0.2) is 4.79 Å². The van der Waals surface area contributed by atoms with Crippen molar-refractivity contribution in [2.45, 2.75) is 49.6 Å². The Balaban J connectivity index is 1.56. The first kappa shape index (κ1) is 16.7. The summed E-state index contributed by atoms with van der Waals surface area (Å²) in [5.41, 5.74) is 0. The number of hydrogen-bond acceptors (Lipinski definition) is 5. The Bertz CT molecular complexity index is 438. The van der Waals surface area contributed by atoms with Gasteiger partial charge >= 0.3 is 5.97 Å². The first-order valence-electron chi connectivity index (χ1n) is 8.04. The lowest BCUT2D eigenvalue weighted by Crippen LogP contribution is -2.45. The summed E-state index contributed by atoms with van der Waals surface area (Å²) in [4.78, 5) is 12.2. The molecule has 5 nitrogen and oxygen atoms in total. The lowest BCUT2D eigenvalue weighted by atomic mass is 9.94. The average molecular weight is 348 g/mol. The van der Waals surface area contributed by atoms with Crippen LogP contribution in [0.1, 0.15) is 32.1 Å². The molecule has 2 aliphatic carbocycles. The van der Waals surface area contributed by atoms with Gasteiger partial charge in [0.2, 0.25) is 5.75 Å². The van der Waals surface area contributed by atoms with Crippen molar-refractivity contribution in [1.82, 2.24) is 0 Å². The van der Waals surface area contributed by atoms with Crippen LogP contribution in [0.5, 0.6) is 0 Å². The summed E-state index contributed by atoms with van der Waals surface area (Å²) in [6.07, 6.45) is 4.61. The zero-order valence-corrected chi connectivity index (χ0v) is 14.5. The number of hydrogen-bond donors (Lipinski definition) is 0. The molecule has 0 N–H and O–H groups in total. The van der Waals surface area contributed by atoms with Crippen LogP contribution in [0, 0.1) is 11.8 Å². The number of fused-ring (bicyclic) bond motifs is 2. The fourth-order valence-corrected chi connectivity index (χ4v) is 7.35. The third kappa shape index (κ3) is 3.37. The summed E-state index contributed by atoms with van der Waals surface area (Å²) in [7, 11) is 1.76. The summed E-state index contributed by atoms with van der Waals surface area (Å²) in [5.74, 6) is 2.82. The Morgan fingerprint density at radius 3 is 2.59 bits per heavy atom. The van der Waals surface area contributed by atoms with Crippen molar-refractivity contribution in [3.05, 3.63) is 0 Å². The highest BCUT2D eigenvalue weighted by molar-refractivity contribution is 7.97. The number of carbonyl (C=O) groups is 1. The quantitative estimate of drug-likeness (QED) is 0.421. The highest BCUT2D eigenvalue weighted by Gasteiger charge is 2.55. The second-order valence-electron chi connectivity index (χ2n) is 6.57. The van der Waals surface area contributed by atoms with Gasteiger partial charge in [-0.3, -0.25) is 4.21 Å². The number of carbonyl (C=O) groups excluding carboxylic acids is 1. The summed E-state index contributed by atoms with van der Waals surface area (Å²) in [6, 6.07) is 0. The van der Waals surface area contributed by atoms with Crippen LogP contribution in [-0.4, -0.2) is 56.6 Å². The predicted molar refractivity (Wildman–Crippen MR) is 85.4 cm³/mol. The highest BCUT2D eigenvalue weighted by Crippen LogP contribution is 2.49. The van der Waals surface area contributed by atoms with E-state index in [9.17, 15) is 13.6 Å². The Morgan fingerprint density at radius 2 is 1.95 bits per heavy atom. The molecule has 3 aliphatic rings. The van der Waals surface area contributed by atoms with E-state index in [2.05, 4.69) is 0 Å². The monoisotopic (exact) mass is 348 g/mol. The van der Waals surface area contributed by atoms with E-state index in [4.69, 9.17) is 9.47 Å². The molecule has 2 bridgehead atoms. The van der Waals surface area contributed by atoms with Gasteiger partial charge in [-0.15, -0.1) is 0 Å². The Kier molecular flexibility index (Phi) is 5.47. The molecule has 1 heterocycles. The number of ether oxygens (including phenoxy) is 2. The van der Waals surface area contributed by atoms with E-state index < -0.39 is 11.1 Å². The van der Waals surface area contributed by atoms with E-state index in [0.717, 1.165) is 17.9 Å². The van der Waals surface area contributed by atoms with Crippen LogP contribution in [0.4, 0.5) is 0 Å². The molecule has 3 fully saturated rings. The second kappa shape index (κ2) is 7.20. The van der Waals surface area contributed by atoms with Crippen LogP contribution in [0.3, 0.4) is 0 Å². The van der Waals surface area contributed by atoms with Crippen molar-refractivity contribution in [3.63, 3.8) is 0 Å². The Hall–Kier alpha value is -0.110. The zero-order chi connectivity index (χ0) is 15.7. The van der Waals surface area contributed by atoms with E-state index in [0.29, 0.717) is 12.2 Å². The number of methoxy groups -OCH3 is 1. The third-order valence-electron chi connectivity index (χ3n) is 5.27. The zero-order valence-electron chi connectivity index (χ0n) is 12.9. The van der Waals surface area contributed by atoms with Crippen LogP contribution in [0.25, 0.3) is 0 Å². The topological polar surface area (TPSA) is 75.7 Å². The fraction of sp³-hybridized carbons (Fsp3) is 0.933. The van der Waals surface area contributed by atoms with Gasteiger partial charge in [0.15, 0.2) is 0 Å². The smallest absolute Gasteiger partial charge is 0.356 e.